The van der Waals surface area contributed by atoms with E-state index in [2.05, 4.69) is 0 Å². The molecule has 1 aromatic rings. The second-order valence-electron chi connectivity index (χ2n) is 2.61. The Balaban J connectivity index is 3.44. The maximum Gasteiger partial charge on any atom is 0.337 e. The Bertz CT molecular complexity index is 424. The molecule has 0 atom stereocenters. The number of carbonyl (C=O) groups is 1. The smallest absolute Gasteiger partial charge is 0.337 e. The Morgan fingerprint density at radius 1 is 1.64 bits per heavy atom. The van der Waals surface area contributed by atoms with Gasteiger partial charge in [-0.1, -0.05) is 11.6 Å². The number of nitriles is 1. The lowest BCUT2D eigenvalue weighted by molar-refractivity contribution is 0.0696. The molecule has 5 heteroatoms. The molecule has 0 aliphatic carbocycles. The third kappa shape index (κ3) is 1.84. The summed E-state index contributed by atoms with van der Waals surface area (Å²) in [5.74, 6) is -1.14. The fraction of sp³-hybridized carbons (Fsp3) is 0.111. The second-order valence-corrected chi connectivity index (χ2v) is 3.02. The molecule has 14 heavy (non-hydrogen) atoms. The van der Waals surface area contributed by atoms with Crippen molar-refractivity contribution in [1.29, 1.82) is 5.26 Å². The van der Waals surface area contributed by atoms with Crippen molar-refractivity contribution in [3.8, 4) is 6.07 Å². The van der Waals surface area contributed by atoms with Crippen LogP contribution in [0.1, 0.15) is 21.5 Å². The van der Waals surface area contributed by atoms with E-state index in [1.54, 1.807) is 0 Å². The highest BCUT2D eigenvalue weighted by Crippen LogP contribution is 2.22. The zero-order chi connectivity index (χ0) is 10.7. The van der Waals surface area contributed by atoms with Crippen molar-refractivity contribution >= 4 is 17.6 Å². The average molecular weight is 211 g/mol. The highest BCUT2D eigenvalue weighted by molar-refractivity contribution is 6.33. The van der Waals surface area contributed by atoms with Gasteiger partial charge in [0.1, 0.15) is 0 Å². The molecule has 72 valence electrons. The molecule has 4 nitrogen and oxygen atoms in total. The highest BCUT2D eigenvalue weighted by Gasteiger charge is 2.14. The lowest BCUT2D eigenvalue weighted by Gasteiger charge is -2.05. The van der Waals surface area contributed by atoms with Crippen molar-refractivity contribution in [2.45, 2.75) is 6.54 Å². The van der Waals surface area contributed by atoms with Crippen LogP contribution in [0.4, 0.5) is 0 Å². The van der Waals surface area contributed by atoms with Crippen LogP contribution >= 0.6 is 11.6 Å². The fourth-order valence-corrected chi connectivity index (χ4v) is 1.45. The van der Waals surface area contributed by atoms with Gasteiger partial charge < -0.3 is 10.8 Å². The van der Waals surface area contributed by atoms with Crippen LogP contribution in [0.5, 0.6) is 0 Å². The average Bonchev–Trinajstić information content (AvgIpc) is 2.15. The Labute approximate surface area is 85.5 Å². The number of nitrogens with two attached hydrogens (primary N) is 1. The van der Waals surface area contributed by atoms with Gasteiger partial charge in [0.15, 0.2) is 0 Å². The molecule has 1 aromatic carbocycles. The molecule has 0 saturated carbocycles. The van der Waals surface area contributed by atoms with Gasteiger partial charge in [0, 0.05) is 6.54 Å². The number of hydrogen-bond donors (Lipinski definition) is 2. The van der Waals surface area contributed by atoms with Gasteiger partial charge >= 0.3 is 5.97 Å². The van der Waals surface area contributed by atoms with Gasteiger partial charge in [-0.15, -0.1) is 0 Å². The van der Waals surface area contributed by atoms with E-state index in [4.69, 9.17) is 27.7 Å². The van der Waals surface area contributed by atoms with Gasteiger partial charge in [0.05, 0.1) is 22.2 Å². The fourth-order valence-electron chi connectivity index (χ4n) is 1.13. The van der Waals surface area contributed by atoms with Gasteiger partial charge in [-0.25, -0.2) is 4.79 Å². The predicted octanol–water partition coefficient (Wildman–Crippen LogP) is 1.37. The number of carboxylic acid groups (broad SMARTS) is 1. The quantitative estimate of drug-likeness (QED) is 0.772. The SMILES string of the molecule is N#Cc1cc(Cl)c(C(=O)O)c(CN)c1. The van der Waals surface area contributed by atoms with Crippen LogP contribution in [-0.4, -0.2) is 11.1 Å². The Kier molecular flexibility index (Phi) is 3.07. The number of halogens is 1. The van der Waals surface area contributed by atoms with E-state index in [1.807, 2.05) is 6.07 Å². The molecule has 0 fully saturated rings. The Morgan fingerprint density at radius 2 is 2.29 bits per heavy atom. The van der Waals surface area contributed by atoms with E-state index >= 15 is 0 Å². The zero-order valence-electron chi connectivity index (χ0n) is 7.12. The Morgan fingerprint density at radius 3 is 2.71 bits per heavy atom. The number of carboxylic acids is 1. The summed E-state index contributed by atoms with van der Waals surface area (Å²) in [7, 11) is 0. The number of benzene rings is 1. The number of nitrogens with zero attached hydrogens (tertiary/aromatic N) is 1. The van der Waals surface area contributed by atoms with Gasteiger partial charge in [0.2, 0.25) is 0 Å². The monoisotopic (exact) mass is 210 g/mol. The van der Waals surface area contributed by atoms with Crippen molar-refractivity contribution < 1.29 is 9.90 Å². The first-order valence-corrected chi connectivity index (χ1v) is 4.13. The Hall–Kier alpha value is -1.57. The lowest BCUT2D eigenvalue weighted by atomic mass is 10.0. The second kappa shape index (κ2) is 4.09. The standard InChI is InChI=1S/C9H7ClN2O2/c10-7-2-5(3-11)1-6(4-12)8(7)9(13)14/h1-2H,4,12H2,(H,13,14). The molecular weight excluding hydrogens is 204 g/mol. The summed E-state index contributed by atoms with van der Waals surface area (Å²) >= 11 is 5.70. The molecule has 0 amide bonds. The summed E-state index contributed by atoms with van der Waals surface area (Å²) in [6.07, 6.45) is 0. The maximum atomic E-state index is 10.8. The summed E-state index contributed by atoms with van der Waals surface area (Å²) in [5, 5.41) is 17.5. The van der Waals surface area contributed by atoms with Crippen molar-refractivity contribution in [2.24, 2.45) is 5.73 Å². The van der Waals surface area contributed by atoms with Crippen molar-refractivity contribution in [3.05, 3.63) is 33.8 Å². The third-order valence-corrected chi connectivity index (χ3v) is 2.03. The summed E-state index contributed by atoms with van der Waals surface area (Å²) < 4.78 is 0. The van der Waals surface area contributed by atoms with Crippen LogP contribution in [0.2, 0.25) is 5.02 Å². The first-order chi connectivity index (χ1) is 6.60. The van der Waals surface area contributed by atoms with Crippen LogP contribution < -0.4 is 5.73 Å². The van der Waals surface area contributed by atoms with E-state index < -0.39 is 5.97 Å². The van der Waals surface area contributed by atoms with Gasteiger partial charge in [-0.05, 0) is 17.7 Å². The molecule has 0 radical (unpaired) electrons. The minimum Gasteiger partial charge on any atom is -0.478 e. The molecule has 0 saturated heterocycles. The predicted molar refractivity (Wildman–Crippen MR) is 51.0 cm³/mol. The van der Waals surface area contributed by atoms with Crippen LogP contribution in [-0.2, 0) is 6.54 Å². The molecule has 0 heterocycles. The summed E-state index contributed by atoms with van der Waals surface area (Å²) in [5.41, 5.74) is 5.98. The van der Waals surface area contributed by atoms with E-state index in [1.165, 1.54) is 12.1 Å². The number of hydrogen-bond acceptors (Lipinski definition) is 3. The van der Waals surface area contributed by atoms with Crippen molar-refractivity contribution in [1.82, 2.24) is 0 Å². The summed E-state index contributed by atoms with van der Waals surface area (Å²) in [6, 6.07) is 4.61. The van der Waals surface area contributed by atoms with Crippen molar-refractivity contribution in [3.63, 3.8) is 0 Å². The van der Waals surface area contributed by atoms with Gasteiger partial charge in [0.25, 0.3) is 0 Å². The van der Waals surface area contributed by atoms with E-state index in [0.29, 0.717) is 11.1 Å². The summed E-state index contributed by atoms with van der Waals surface area (Å²) in [4.78, 5) is 10.8. The largest absolute Gasteiger partial charge is 0.478 e. The molecule has 1 rings (SSSR count). The normalized spacial score (nSPS) is 9.50. The topological polar surface area (TPSA) is 87.1 Å². The van der Waals surface area contributed by atoms with Crippen LogP contribution in [0, 0.1) is 11.3 Å². The molecular formula is C9H7ClN2O2. The third-order valence-electron chi connectivity index (χ3n) is 1.73. The first kappa shape index (κ1) is 10.5. The number of rotatable bonds is 2. The minimum atomic E-state index is -1.14. The maximum absolute atomic E-state index is 10.8. The molecule has 0 aliphatic heterocycles. The molecule has 0 unspecified atom stereocenters. The van der Waals surface area contributed by atoms with Crippen molar-refractivity contribution in [2.75, 3.05) is 0 Å². The van der Waals surface area contributed by atoms with Crippen LogP contribution in [0.3, 0.4) is 0 Å². The molecule has 0 aliphatic rings. The molecule has 0 bridgehead atoms. The van der Waals surface area contributed by atoms with Gasteiger partial charge in [-0.3, -0.25) is 0 Å². The van der Waals surface area contributed by atoms with Crippen LogP contribution in [0.15, 0.2) is 12.1 Å². The lowest BCUT2D eigenvalue weighted by Crippen LogP contribution is -2.08. The molecule has 0 spiro atoms. The van der Waals surface area contributed by atoms with E-state index in [0.717, 1.165) is 0 Å². The van der Waals surface area contributed by atoms with Gasteiger partial charge in [-0.2, -0.15) is 5.26 Å². The summed E-state index contributed by atoms with van der Waals surface area (Å²) in [6.45, 7) is 0.0386. The zero-order valence-corrected chi connectivity index (χ0v) is 7.88. The number of aromatic carboxylic acids is 1. The first-order valence-electron chi connectivity index (χ1n) is 3.76. The highest BCUT2D eigenvalue weighted by atomic mass is 35.5. The molecule has 0 aromatic heterocycles. The van der Waals surface area contributed by atoms with E-state index in [9.17, 15) is 4.79 Å². The van der Waals surface area contributed by atoms with Crippen LogP contribution in [0.25, 0.3) is 0 Å². The van der Waals surface area contributed by atoms with E-state index in [-0.39, 0.29) is 17.1 Å². The minimum absolute atomic E-state index is 0.0341. The molecule has 3 N–H and O–H groups in total.